The van der Waals surface area contributed by atoms with Crippen molar-refractivity contribution in [2.75, 3.05) is 5.32 Å². The molecule has 0 atom stereocenters. The number of anilines is 1. The van der Waals surface area contributed by atoms with Gasteiger partial charge in [-0.15, -0.1) is 0 Å². The van der Waals surface area contributed by atoms with E-state index >= 15 is 0 Å². The van der Waals surface area contributed by atoms with Crippen molar-refractivity contribution in [3.05, 3.63) is 41.5 Å². The van der Waals surface area contributed by atoms with Gasteiger partial charge < -0.3 is 15.6 Å². The van der Waals surface area contributed by atoms with Crippen molar-refractivity contribution >= 4 is 17.5 Å². The number of halogens is 3. The molecule has 0 unspecified atom stereocenters. The standard InChI is InChI=1S/C16H17F3N4O3/c17-16(18,19)15-22-12(23-26-15)8-2-1-3-9-13(24)21-11-7-5-4-6-10(11)14(20)25/h4-7H,1-3,8-9H2,(H2,20,25)(H,21,24). The number of primary amides is 1. The van der Waals surface area contributed by atoms with Crippen molar-refractivity contribution in [3.63, 3.8) is 0 Å². The number of unbranched alkanes of at least 4 members (excludes halogenated alkanes) is 2. The molecule has 0 aliphatic rings. The molecule has 2 amide bonds. The summed E-state index contributed by atoms with van der Waals surface area (Å²) >= 11 is 0. The summed E-state index contributed by atoms with van der Waals surface area (Å²) in [6, 6.07) is 6.39. The molecule has 0 spiro atoms. The summed E-state index contributed by atoms with van der Waals surface area (Å²) < 4.78 is 41.1. The van der Waals surface area contributed by atoms with E-state index in [0.29, 0.717) is 24.9 Å². The Morgan fingerprint density at radius 1 is 1.15 bits per heavy atom. The highest BCUT2D eigenvalue weighted by molar-refractivity contribution is 6.02. The Hall–Kier alpha value is -2.91. The zero-order valence-corrected chi connectivity index (χ0v) is 13.7. The molecule has 2 aromatic rings. The third-order valence-electron chi connectivity index (χ3n) is 3.48. The van der Waals surface area contributed by atoms with E-state index in [1.807, 2.05) is 0 Å². The molecular weight excluding hydrogens is 353 g/mol. The van der Waals surface area contributed by atoms with Gasteiger partial charge in [0, 0.05) is 12.8 Å². The van der Waals surface area contributed by atoms with Gasteiger partial charge in [-0.1, -0.05) is 23.7 Å². The first kappa shape index (κ1) is 19.4. The second-order valence-corrected chi connectivity index (χ2v) is 5.53. The maximum atomic E-state index is 12.3. The number of para-hydroxylation sites is 1. The predicted molar refractivity (Wildman–Crippen MR) is 85.1 cm³/mol. The minimum absolute atomic E-state index is 0.0165. The molecule has 7 nitrogen and oxygen atoms in total. The van der Waals surface area contributed by atoms with Crippen LogP contribution in [0.1, 0.15) is 47.8 Å². The number of benzene rings is 1. The van der Waals surface area contributed by atoms with Crippen LogP contribution >= 0.6 is 0 Å². The van der Waals surface area contributed by atoms with E-state index in [0.717, 1.165) is 0 Å². The molecule has 0 aliphatic heterocycles. The average molecular weight is 370 g/mol. The second-order valence-electron chi connectivity index (χ2n) is 5.53. The fourth-order valence-electron chi connectivity index (χ4n) is 2.24. The van der Waals surface area contributed by atoms with E-state index in [-0.39, 0.29) is 30.1 Å². The number of carbonyl (C=O) groups excluding carboxylic acids is 2. The second kappa shape index (κ2) is 8.45. The third-order valence-corrected chi connectivity index (χ3v) is 3.48. The van der Waals surface area contributed by atoms with Crippen LogP contribution in [0.4, 0.5) is 18.9 Å². The largest absolute Gasteiger partial charge is 0.471 e. The van der Waals surface area contributed by atoms with E-state index < -0.39 is 18.0 Å². The van der Waals surface area contributed by atoms with Gasteiger partial charge >= 0.3 is 12.1 Å². The zero-order valence-electron chi connectivity index (χ0n) is 13.7. The van der Waals surface area contributed by atoms with Gasteiger partial charge in [0.25, 0.3) is 5.91 Å². The summed E-state index contributed by atoms with van der Waals surface area (Å²) in [5.74, 6) is -2.30. The fraction of sp³-hybridized carbons (Fsp3) is 0.375. The molecule has 140 valence electrons. The number of alkyl halides is 3. The Morgan fingerprint density at radius 2 is 1.88 bits per heavy atom. The highest BCUT2D eigenvalue weighted by Gasteiger charge is 2.38. The van der Waals surface area contributed by atoms with Crippen LogP contribution in [0.3, 0.4) is 0 Å². The van der Waals surface area contributed by atoms with Gasteiger partial charge in [0.15, 0.2) is 5.82 Å². The first-order chi connectivity index (χ1) is 12.3. The predicted octanol–water partition coefficient (Wildman–Crippen LogP) is 2.93. The van der Waals surface area contributed by atoms with Crippen molar-refractivity contribution < 1.29 is 27.3 Å². The van der Waals surface area contributed by atoms with Crippen LogP contribution in [-0.4, -0.2) is 22.0 Å². The summed E-state index contributed by atoms with van der Waals surface area (Å²) in [7, 11) is 0. The Morgan fingerprint density at radius 3 is 2.54 bits per heavy atom. The quantitative estimate of drug-likeness (QED) is 0.694. The number of aryl methyl sites for hydroxylation is 1. The van der Waals surface area contributed by atoms with Crippen LogP contribution in [0.2, 0.25) is 0 Å². The number of nitrogens with zero attached hydrogens (tertiary/aromatic N) is 2. The molecule has 26 heavy (non-hydrogen) atoms. The van der Waals surface area contributed by atoms with Crippen molar-refractivity contribution in [2.45, 2.75) is 38.3 Å². The van der Waals surface area contributed by atoms with E-state index in [4.69, 9.17) is 5.73 Å². The first-order valence-corrected chi connectivity index (χ1v) is 7.86. The SMILES string of the molecule is NC(=O)c1ccccc1NC(=O)CCCCCc1noc(C(F)(F)F)n1. The van der Waals surface area contributed by atoms with E-state index in [2.05, 4.69) is 20.0 Å². The normalized spacial score (nSPS) is 11.3. The summed E-state index contributed by atoms with van der Waals surface area (Å²) in [5.41, 5.74) is 5.80. The van der Waals surface area contributed by atoms with Crippen LogP contribution in [0.5, 0.6) is 0 Å². The third kappa shape index (κ3) is 5.57. The number of carbonyl (C=O) groups is 2. The molecule has 0 saturated heterocycles. The molecule has 1 heterocycles. The van der Waals surface area contributed by atoms with Crippen molar-refractivity contribution in [2.24, 2.45) is 5.73 Å². The van der Waals surface area contributed by atoms with Crippen LogP contribution in [0.15, 0.2) is 28.8 Å². The van der Waals surface area contributed by atoms with Crippen LogP contribution in [0, 0.1) is 0 Å². The van der Waals surface area contributed by atoms with E-state index in [9.17, 15) is 22.8 Å². The Bertz CT molecular complexity index is 774. The van der Waals surface area contributed by atoms with Gasteiger partial charge in [0.1, 0.15) is 0 Å². The fourth-order valence-corrected chi connectivity index (χ4v) is 2.24. The summed E-state index contributed by atoms with van der Waals surface area (Å²) in [6.45, 7) is 0. The minimum atomic E-state index is -4.65. The maximum absolute atomic E-state index is 12.3. The summed E-state index contributed by atoms with van der Waals surface area (Å²) in [4.78, 5) is 26.5. The Labute approximate surface area is 146 Å². The number of nitrogens with two attached hydrogens (primary N) is 1. The molecule has 3 N–H and O–H groups in total. The lowest BCUT2D eigenvalue weighted by Crippen LogP contribution is -2.17. The highest BCUT2D eigenvalue weighted by Crippen LogP contribution is 2.27. The van der Waals surface area contributed by atoms with Crippen LogP contribution in [0.25, 0.3) is 0 Å². The van der Waals surface area contributed by atoms with Crippen molar-refractivity contribution in [1.82, 2.24) is 10.1 Å². The molecule has 1 aromatic carbocycles. The number of hydrogen-bond acceptors (Lipinski definition) is 5. The molecule has 0 fully saturated rings. The summed E-state index contributed by atoms with van der Waals surface area (Å²) in [5, 5.41) is 5.88. The van der Waals surface area contributed by atoms with Gasteiger partial charge in [0.2, 0.25) is 5.91 Å². The Balaban J connectivity index is 1.71. The lowest BCUT2D eigenvalue weighted by Gasteiger charge is -2.08. The molecule has 0 aliphatic carbocycles. The topological polar surface area (TPSA) is 111 Å². The molecule has 0 saturated carbocycles. The molecule has 2 rings (SSSR count). The molecular formula is C16H17F3N4O3. The Kier molecular flexibility index (Phi) is 6.31. The number of hydrogen-bond donors (Lipinski definition) is 2. The van der Waals surface area contributed by atoms with Crippen LogP contribution in [-0.2, 0) is 17.4 Å². The van der Waals surface area contributed by atoms with Gasteiger partial charge in [-0.2, -0.15) is 18.2 Å². The molecule has 0 bridgehead atoms. The number of nitrogens with one attached hydrogen (secondary N) is 1. The van der Waals surface area contributed by atoms with E-state index in [1.54, 1.807) is 18.2 Å². The van der Waals surface area contributed by atoms with Crippen LogP contribution < -0.4 is 11.1 Å². The van der Waals surface area contributed by atoms with Gasteiger partial charge in [0.05, 0.1) is 11.3 Å². The highest BCUT2D eigenvalue weighted by atomic mass is 19.4. The van der Waals surface area contributed by atoms with Crippen molar-refractivity contribution in [3.8, 4) is 0 Å². The number of aromatic nitrogens is 2. The first-order valence-electron chi connectivity index (χ1n) is 7.86. The van der Waals surface area contributed by atoms with Gasteiger partial charge in [-0.05, 0) is 25.0 Å². The molecule has 0 radical (unpaired) electrons. The monoisotopic (exact) mass is 370 g/mol. The average Bonchev–Trinajstić information content (AvgIpc) is 3.04. The minimum Gasteiger partial charge on any atom is -0.366 e. The van der Waals surface area contributed by atoms with Crippen molar-refractivity contribution in [1.29, 1.82) is 0 Å². The van der Waals surface area contributed by atoms with Gasteiger partial charge in [-0.25, -0.2) is 0 Å². The smallest absolute Gasteiger partial charge is 0.366 e. The lowest BCUT2D eigenvalue weighted by atomic mass is 10.1. The number of rotatable bonds is 8. The van der Waals surface area contributed by atoms with Gasteiger partial charge in [-0.3, -0.25) is 9.59 Å². The van der Waals surface area contributed by atoms with E-state index in [1.165, 1.54) is 6.07 Å². The lowest BCUT2D eigenvalue weighted by molar-refractivity contribution is -0.159. The molecule has 10 heteroatoms. The molecule has 1 aromatic heterocycles. The zero-order chi connectivity index (χ0) is 19.2. The number of amides is 2. The maximum Gasteiger partial charge on any atom is 0.471 e. The summed E-state index contributed by atoms with van der Waals surface area (Å²) in [6.07, 6.45) is -2.58.